The fourth-order valence-corrected chi connectivity index (χ4v) is 2.18. The molecule has 0 radical (unpaired) electrons. The molecule has 2 N–H and O–H groups in total. The van der Waals surface area contributed by atoms with Crippen LogP contribution in [0.15, 0.2) is 40.9 Å². The van der Waals surface area contributed by atoms with Gasteiger partial charge in [-0.1, -0.05) is 6.07 Å². The maximum Gasteiger partial charge on any atom is 0.160 e. The number of ether oxygens (including phenoxy) is 2. The molecule has 0 saturated heterocycles. The van der Waals surface area contributed by atoms with E-state index >= 15 is 0 Å². The lowest BCUT2D eigenvalue weighted by molar-refractivity contribution is 0.373. The first kappa shape index (κ1) is 14.5. The molecule has 2 aromatic rings. The van der Waals surface area contributed by atoms with Crippen LogP contribution >= 0.6 is 15.9 Å². The average Bonchev–Trinajstić information content (AvgIpc) is 2.47. The lowest BCUT2D eigenvalue weighted by Gasteiger charge is -2.11. The number of nitrogens with one attached hydrogen (secondary N) is 1. The first-order chi connectivity index (χ1) is 9.63. The Bertz CT molecular complexity index is 602. The number of phenols is 1. The molecule has 0 aliphatic heterocycles. The minimum Gasteiger partial charge on any atom is -0.504 e. The van der Waals surface area contributed by atoms with Crippen LogP contribution in [0.2, 0.25) is 0 Å². The van der Waals surface area contributed by atoms with Gasteiger partial charge in [-0.15, -0.1) is 0 Å². The molecule has 0 amide bonds. The van der Waals surface area contributed by atoms with Gasteiger partial charge in [0.1, 0.15) is 5.75 Å². The van der Waals surface area contributed by atoms with Crippen molar-refractivity contribution in [1.82, 2.24) is 0 Å². The molecule has 20 heavy (non-hydrogen) atoms. The van der Waals surface area contributed by atoms with Crippen molar-refractivity contribution in [3.8, 4) is 17.2 Å². The van der Waals surface area contributed by atoms with E-state index in [1.807, 2.05) is 24.3 Å². The largest absolute Gasteiger partial charge is 0.504 e. The SMILES string of the molecule is COc1ccc(Br)c(NCc2ccc(O)c(OC)c2)c1. The average molecular weight is 338 g/mol. The fourth-order valence-electron chi connectivity index (χ4n) is 1.80. The Morgan fingerprint density at radius 2 is 1.90 bits per heavy atom. The van der Waals surface area contributed by atoms with Crippen molar-refractivity contribution in [2.75, 3.05) is 19.5 Å². The van der Waals surface area contributed by atoms with Crippen molar-refractivity contribution in [2.45, 2.75) is 6.54 Å². The van der Waals surface area contributed by atoms with Gasteiger partial charge in [-0.2, -0.15) is 0 Å². The second-order valence-electron chi connectivity index (χ2n) is 4.21. The van der Waals surface area contributed by atoms with E-state index in [0.717, 1.165) is 21.5 Å². The maximum absolute atomic E-state index is 9.56. The molecule has 0 aliphatic rings. The van der Waals surface area contributed by atoms with Crippen LogP contribution in [0.3, 0.4) is 0 Å². The molecule has 0 aliphatic carbocycles. The van der Waals surface area contributed by atoms with Gasteiger partial charge in [0.2, 0.25) is 0 Å². The van der Waals surface area contributed by atoms with Crippen molar-refractivity contribution in [3.05, 3.63) is 46.4 Å². The van der Waals surface area contributed by atoms with Crippen LogP contribution in [0.5, 0.6) is 17.2 Å². The van der Waals surface area contributed by atoms with E-state index in [9.17, 15) is 5.11 Å². The molecule has 106 valence electrons. The summed E-state index contributed by atoms with van der Waals surface area (Å²) in [7, 11) is 3.17. The third-order valence-electron chi connectivity index (χ3n) is 2.90. The molecule has 0 bridgehead atoms. The Hall–Kier alpha value is -1.88. The molecule has 0 saturated carbocycles. The summed E-state index contributed by atoms with van der Waals surface area (Å²) in [5.74, 6) is 1.40. The Balaban J connectivity index is 2.12. The Morgan fingerprint density at radius 1 is 1.10 bits per heavy atom. The number of phenolic OH excluding ortho intramolecular Hbond substituents is 1. The first-order valence-corrected chi connectivity index (χ1v) is 6.86. The lowest BCUT2D eigenvalue weighted by Crippen LogP contribution is -2.01. The molecule has 2 rings (SSSR count). The van der Waals surface area contributed by atoms with Crippen LogP contribution in [0.25, 0.3) is 0 Å². The highest BCUT2D eigenvalue weighted by Gasteiger charge is 2.05. The molecule has 4 nitrogen and oxygen atoms in total. The molecule has 5 heteroatoms. The second-order valence-corrected chi connectivity index (χ2v) is 5.06. The number of hydrogen-bond donors (Lipinski definition) is 2. The van der Waals surface area contributed by atoms with Crippen molar-refractivity contribution in [1.29, 1.82) is 0 Å². The Kier molecular flexibility index (Phi) is 4.74. The summed E-state index contributed by atoms with van der Waals surface area (Å²) in [5, 5.41) is 12.9. The van der Waals surface area contributed by atoms with E-state index in [2.05, 4.69) is 21.2 Å². The van der Waals surface area contributed by atoms with Crippen LogP contribution < -0.4 is 14.8 Å². The fraction of sp³-hybridized carbons (Fsp3) is 0.200. The number of aromatic hydroxyl groups is 1. The molecule has 0 spiro atoms. The highest BCUT2D eigenvalue weighted by molar-refractivity contribution is 9.10. The predicted molar refractivity (Wildman–Crippen MR) is 82.7 cm³/mol. The van der Waals surface area contributed by atoms with Crippen LogP contribution in [0.1, 0.15) is 5.56 Å². The lowest BCUT2D eigenvalue weighted by atomic mass is 10.2. The maximum atomic E-state index is 9.56. The molecule has 0 heterocycles. The van der Waals surface area contributed by atoms with Gasteiger partial charge < -0.3 is 19.9 Å². The van der Waals surface area contributed by atoms with E-state index in [1.54, 1.807) is 19.2 Å². The van der Waals surface area contributed by atoms with Crippen molar-refractivity contribution < 1.29 is 14.6 Å². The predicted octanol–water partition coefficient (Wildman–Crippen LogP) is 3.78. The van der Waals surface area contributed by atoms with Gasteiger partial charge in [-0.25, -0.2) is 0 Å². The van der Waals surface area contributed by atoms with E-state index in [1.165, 1.54) is 7.11 Å². The van der Waals surface area contributed by atoms with Crippen LogP contribution in [-0.4, -0.2) is 19.3 Å². The summed E-state index contributed by atoms with van der Waals surface area (Å²) in [5.41, 5.74) is 1.95. The van der Waals surface area contributed by atoms with Gasteiger partial charge >= 0.3 is 0 Å². The quantitative estimate of drug-likeness (QED) is 0.871. The van der Waals surface area contributed by atoms with Crippen molar-refractivity contribution in [2.24, 2.45) is 0 Å². The number of benzene rings is 2. The topological polar surface area (TPSA) is 50.7 Å². The third-order valence-corrected chi connectivity index (χ3v) is 3.59. The normalized spacial score (nSPS) is 10.2. The Morgan fingerprint density at radius 3 is 2.60 bits per heavy atom. The molecular formula is C15H16BrNO3. The van der Waals surface area contributed by atoms with Crippen LogP contribution in [0, 0.1) is 0 Å². The number of methoxy groups -OCH3 is 2. The molecule has 0 unspecified atom stereocenters. The molecule has 0 fully saturated rings. The standard InChI is InChI=1S/C15H16BrNO3/c1-19-11-4-5-12(16)13(8-11)17-9-10-3-6-14(18)15(7-10)20-2/h3-8,17-18H,9H2,1-2H3. The monoisotopic (exact) mass is 337 g/mol. The van der Waals surface area contributed by atoms with Gasteiger partial charge in [-0.05, 0) is 45.8 Å². The molecule has 0 atom stereocenters. The van der Waals surface area contributed by atoms with E-state index in [4.69, 9.17) is 9.47 Å². The number of anilines is 1. The highest BCUT2D eigenvalue weighted by atomic mass is 79.9. The number of rotatable bonds is 5. The molecular weight excluding hydrogens is 322 g/mol. The van der Waals surface area contributed by atoms with Crippen LogP contribution in [-0.2, 0) is 6.54 Å². The minimum atomic E-state index is 0.138. The molecule has 2 aromatic carbocycles. The summed E-state index contributed by atoms with van der Waals surface area (Å²) < 4.78 is 11.3. The highest BCUT2D eigenvalue weighted by Crippen LogP contribution is 2.29. The number of hydrogen-bond acceptors (Lipinski definition) is 4. The van der Waals surface area contributed by atoms with E-state index < -0.39 is 0 Å². The van der Waals surface area contributed by atoms with Crippen molar-refractivity contribution >= 4 is 21.6 Å². The third kappa shape index (κ3) is 3.36. The second kappa shape index (κ2) is 6.52. The Labute approximate surface area is 126 Å². The van der Waals surface area contributed by atoms with Crippen LogP contribution in [0.4, 0.5) is 5.69 Å². The first-order valence-electron chi connectivity index (χ1n) is 6.07. The zero-order valence-corrected chi connectivity index (χ0v) is 12.9. The van der Waals surface area contributed by atoms with E-state index in [0.29, 0.717) is 12.3 Å². The summed E-state index contributed by atoms with van der Waals surface area (Å²) >= 11 is 3.49. The molecule has 0 aromatic heterocycles. The summed E-state index contributed by atoms with van der Waals surface area (Å²) in [6, 6.07) is 11.0. The van der Waals surface area contributed by atoms with Gasteiger partial charge in [0.25, 0.3) is 0 Å². The summed E-state index contributed by atoms with van der Waals surface area (Å²) in [6.07, 6.45) is 0. The van der Waals surface area contributed by atoms with Crippen molar-refractivity contribution in [3.63, 3.8) is 0 Å². The van der Waals surface area contributed by atoms with Gasteiger partial charge in [0.05, 0.1) is 19.9 Å². The van der Waals surface area contributed by atoms with Gasteiger partial charge in [-0.3, -0.25) is 0 Å². The smallest absolute Gasteiger partial charge is 0.160 e. The van der Waals surface area contributed by atoms with E-state index in [-0.39, 0.29) is 5.75 Å². The minimum absolute atomic E-state index is 0.138. The summed E-state index contributed by atoms with van der Waals surface area (Å²) in [6.45, 7) is 0.613. The zero-order valence-electron chi connectivity index (χ0n) is 11.3. The van der Waals surface area contributed by atoms with Gasteiger partial charge in [0.15, 0.2) is 11.5 Å². The summed E-state index contributed by atoms with van der Waals surface area (Å²) in [4.78, 5) is 0. The number of halogens is 1. The zero-order chi connectivity index (χ0) is 14.5. The van der Waals surface area contributed by atoms with Gasteiger partial charge in [0, 0.05) is 17.1 Å².